The Morgan fingerprint density at radius 3 is 2.71 bits per heavy atom. The quantitative estimate of drug-likeness (QED) is 0.739. The number of esters is 1. The molecule has 1 N–H and O–H groups in total. The van der Waals surface area contributed by atoms with Crippen LogP contribution in [-0.4, -0.2) is 49.4 Å². The van der Waals surface area contributed by atoms with Gasteiger partial charge >= 0.3 is 5.97 Å². The number of aromatic amines is 1. The predicted molar refractivity (Wildman–Crippen MR) is 59.8 cm³/mol. The van der Waals surface area contributed by atoms with Gasteiger partial charge in [0.2, 0.25) is 0 Å². The molecule has 8 heteroatoms. The average molecular weight is 261 g/mol. The van der Waals surface area contributed by atoms with Gasteiger partial charge in [-0.2, -0.15) is 4.31 Å². The summed E-state index contributed by atoms with van der Waals surface area (Å²) in [5.74, 6) is -0.0404. The molecule has 7 nitrogen and oxygen atoms in total. The Bertz CT molecular complexity index is 494. The number of carbonyl (C=O) groups excluding carboxylic acids is 1. The monoisotopic (exact) mass is 261 g/mol. The molecule has 0 fully saturated rings. The number of carbonyl (C=O) groups is 1. The molecule has 0 amide bonds. The largest absolute Gasteiger partial charge is 0.468 e. The van der Waals surface area contributed by atoms with E-state index in [4.69, 9.17) is 0 Å². The molecule has 1 aromatic heterocycles. The predicted octanol–water partition coefficient (Wildman–Crippen LogP) is -0.234. The van der Waals surface area contributed by atoms with Crippen molar-refractivity contribution in [3.8, 4) is 0 Å². The van der Waals surface area contributed by atoms with E-state index in [0.29, 0.717) is 12.2 Å². The number of ether oxygens (including phenoxy) is 1. The van der Waals surface area contributed by atoms with Crippen molar-refractivity contribution in [1.29, 1.82) is 0 Å². The van der Waals surface area contributed by atoms with Gasteiger partial charge in [-0.3, -0.25) is 4.79 Å². The van der Waals surface area contributed by atoms with E-state index in [1.165, 1.54) is 20.4 Å². The highest BCUT2D eigenvalue weighted by molar-refractivity contribution is 7.89. The Hall–Kier alpha value is -1.41. The lowest BCUT2D eigenvalue weighted by Crippen LogP contribution is -2.32. The fourth-order valence-corrected chi connectivity index (χ4v) is 2.20. The second kappa shape index (κ2) is 5.28. The molecule has 0 atom stereocenters. The van der Waals surface area contributed by atoms with E-state index in [9.17, 15) is 13.2 Å². The number of hydrogen-bond acceptors (Lipinski definition) is 5. The molecular weight excluding hydrogens is 246 g/mol. The minimum absolute atomic E-state index is 0.0271. The van der Waals surface area contributed by atoms with Gasteiger partial charge in [0.25, 0.3) is 10.0 Å². The van der Waals surface area contributed by atoms with Crippen molar-refractivity contribution < 1.29 is 17.9 Å². The number of hydrogen-bond donors (Lipinski definition) is 1. The van der Waals surface area contributed by atoms with Crippen LogP contribution in [0.15, 0.2) is 11.2 Å². The first-order chi connectivity index (χ1) is 7.91. The van der Waals surface area contributed by atoms with Crippen LogP contribution in [0.25, 0.3) is 0 Å². The number of nitrogens with zero attached hydrogens (tertiary/aromatic N) is 2. The topological polar surface area (TPSA) is 92.4 Å². The zero-order valence-electron chi connectivity index (χ0n) is 9.93. The van der Waals surface area contributed by atoms with Crippen LogP contribution in [0.5, 0.6) is 0 Å². The van der Waals surface area contributed by atoms with E-state index in [2.05, 4.69) is 14.7 Å². The second-order valence-electron chi connectivity index (χ2n) is 3.38. The minimum atomic E-state index is -3.72. The maximum absolute atomic E-state index is 12.0. The third-order valence-electron chi connectivity index (χ3n) is 2.21. The van der Waals surface area contributed by atoms with Crippen LogP contribution in [0.4, 0.5) is 0 Å². The van der Waals surface area contributed by atoms with Crippen molar-refractivity contribution in [3.05, 3.63) is 12.0 Å². The fraction of sp³-hybridized carbons (Fsp3) is 0.556. The molecule has 0 aliphatic carbocycles. The number of aromatic nitrogens is 2. The summed E-state index contributed by atoms with van der Waals surface area (Å²) in [4.78, 5) is 17.6. The Morgan fingerprint density at radius 1 is 1.59 bits per heavy atom. The molecule has 1 aromatic rings. The van der Waals surface area contributed by atoms with Crippen LogP contribution >= 0.6 is 0 Å². The van der Waals surface area contributed by atoms with Crippen molar-refractivity contribution >= 4 is 16.0 Å². The summed E-state index contributed by atoms with van der Waals surface area (Å²) in [6.07, 6.45) is 1.85. The van der Waals surface area contributed by atoms with Crippen molar-refractivity contribution in [2.75, 3.05) is 20.7 Å². The van der Waals surface area contributed by atoms with Gasteiger partial charge in [0.1, 0.15) is 12.4 Å². The Kier molecular flexibility index (Phi) is 4.24. The summed E-state index contributed by atoms with van der Waals surface area (Å²) in [6, 6.07) is 0. The molecule has 0 bridgehead atoms. The maximum Gasteiger partial charge on any atom is 0.321 e. The molecule has 0 saturated heterocycles. The van der Waals surface area contributed by atoms with Crippen LogP contribution in [-0.2, 0) is 26.0 Å². The summed E-state index contributed by atoms with van der Waals surface area (Å²) >= 11 is 0. The number of methoxy groups -OCH3 is 1. The molecule has 0 aliphatic rings. The van der Waals surface area contributed by atoms with Crippen LogP contribution in [0.2, 0.25) is 0 Å². The standard InChI is InChI=1S/C9H15N3O4S/c1-4-7-10-5-8(11-7)17(14,15)12(2)6-9(13)16-3/h5H,4,6H2,1-3H3,(H,10,11). The average Bonchev–Trinajstić information content (AvgIpc) is 2.77. The number of nitrogens with one attached hydrogen (secondary N) is 1. The molecule has 96 valence electrons. The van der Waals surface area contributed by atoms with Gasteiger partial charge in [0.05, 0.1) is 13.3 Å². The maximum atomic E-state index is 12.0. The van der Waals surface area contributed by atoms with Crippen molar-refractivity contribution in [1.82, 2.24) is 14.3 Å². The Labute approximate surface area is 99.8 Å². The van der Waals surface area contributed by atoms with E-state index in [1.54, 1.807) is 0 Å². The number of rotatable bonds is 5. The molecule has 0 aromatic carbocycles. The van der Waals surface area contributed by atoms with E-state index < -0.39 is 16.0 Å². The highest BCUT2D eigenvalue weighted by Gasteiger charge is 2.25. The van der Waals surface area contributed by atoms with Crippen LogP contribution in [0, 0.1) is 0 Å². The highest BCUT2D eigenvalue weighted by Crippen LogP contribution is 2.11. The lowest BCUT2D eigenvalue weighted by molar-refractivity contribution is -0.140. The first-order valence-corrected chi connectivity index (χ1v) is 6.42. The SMILES string of the molecule is CCc1ncc(S(=O)(=O)N(C)CC(=O)OC)[nH]1. The Balaban J connectivity index is 2.90. The van der Waals surface area contributed by atoms with Crippen LogP contribution in [0.1, 0.15) is 12.7 Å². The summed E-state index contributed by atoms with van der Waals surface area (Å²) < 4.78 is 29.2. The first kappa shape index (κ1) is 13.7. The molecule has 0 saturated carbocycles. The summed E-state index contributed by atoms with van der Waals surface area (Å²) in [7, 11) is -1.21. The molecule has 0 spiro atoms. The van der Waals surface area contributed by atoms with E-state index in [1.807, 2.05) is 6.92 Å². The third-order valence-corrected chi connectivity index (χ3v) is 3.92. The zero-order chi connectivity index (χ0) is 13.1. The number of likely N-dealkylation sites (N-methyl/N-ethyl adjacent to an activating group) is 1. The number of aryl methyl sites for hydroxylation is 1. The van der Waals surface area contributed by atoms with Crippen LogP contribution < -0.4 is 0 Å². The molecule has 1 rings (SSSR count). The normalized spacial score (nSPS) is 11.8. The van der Waals surface area contributed by atoms with Gasteiger partial charge in [-0.05, 0) is 0 Å². The molecular formula is C9H15N3O4S. The van der Waals surface area contributed by atoms with Gasteiger partial charge in [-0.25, -0.2) is 13.4 Å². The van der Waals surface area contributed by atoms with Gasteiger partial charge < -0.3 is 9.72 Å². The minimum Gasteiger partial charge on any atom is -0.468 e. The van der Waals surface area contributed by atoms with Crippen LogP contribution in [0.3, 0.4) is 0 Å². The molecule has 0 radical (unpaired) electrons. The smallest absolute Gasteiger partial charge is 0.321 e. The fourth-order valence-electron chi connectivity index (χ4n) is 1.15. The lowest BCUT2D eigenvalue weighted by Gasteiger charge is -2.13. The number of sulfonamides is 1. The van der Waals surface area contributed by atoms with Crippen molar-refractivity contribution in [3.63, 3.8) is 0 Å². The molecule has 0 aliphatic heterocycles. The van der Waals surface area contributed by atoms with E-state index in [0.717, 1.165) is 4.31 Å². The van der Waals surface area contributed by atoms with E-state index in [-0.39, 0.29) is 11.6 Å². The lowest BCUT2D eigenvalue weighted by atomic mass is 10.5. The van der Waals surface area contributed by atoms with E-state index >= 15 is 0 Å². The molecule has 1 heterocycles. The molecule has 17 heavy (non-hydrogen) atoms. The van der Waals surface area contributed by atoms with Gasteiger partial charge in [0.15, 0.2) is 5.03 Å². The third kappa shape index (κ3) is 3.04. The first-order valence-electron chi connectivity index (χ1n) is 4.98. The Morgan fingerprint density at radius 2 is 2.24 bits per heavy atom. The second-order valence-corrected chi connectivity index (χ2v) is 5.40. The summed E-state index contributed by atoms with van der Waals surface area (Å²) in [5.41, 5.74) is 0. The zero-order valence-corrected chi connectivity index (χ0v) is 10.7. The van der Waals surface area contributed by atoms with Gasteiger partial charge in [-0.15, -0.1) is 0 Å². The van der Waals surface area contributed by atoms with Crippen molar-refractivity contribution in [2.24, 2.45) is 0 Å². The van der Waals surface area contributed by atoms with Gasteiger partial charge in [0, 0.05) is 13.5 Å². The number of H-pyrrole nitrogens is 1. The highest BCUT2D eigenvalue weighted by atomic mass is 32.2. The summed E-state index contributed by atoms with van der Waals surface area (Å²) in [5, 5.41) is -0.0271. The summed E-state index contributed by atoms with van der Waals surface area (Å²) in [6.45, 7) is 1.52. The number of imidazole rings is 1. The van der Waals surface area contributed by atoms with Gasteiger partial charge in [-0.1, -0.05) is 6.92 Å². The molecule has 0 unspecified atom stereocenters. The van der Waals surface area contributed by atoms with Crippen molar-refractivity contribution in [2.45, 2.75) is 18.4 Å².